The molecule has 0 N–H and O–H groups in total. The van der Waals surface area contributed by atoms with Gasteiger partial charge in [0, 0.05) is 0 Å². The molecule has 0 amide bonds. The topological polar surface area (TPSA) is 18.5 Å². The van der Waals surface area contributed by atoms with Crippen LogP contribution >= 0.6 is 0 Å². The van der Waals surface area contributed by atoms with Crippen molar-refractivity contribution in [2.24, 2.45) is 0 Å². The Morgan fingerprint density at radius 1 is 1.22 bits per heavy atom. The van der Waals surface area contributed by atoms with Gasteiger partial charge >= 0.3 is 6.18 Å². The van der Waals surface area contributed by atoms with Gasteiger partial charge in [0.15, 0.2) is 12.6 Å². The fourth-order valence-electron chi connectivity index (χ4n) is 1.71. The molecule has 5 heteroatoms. The number of benzene rings is 1. The lowest BCUT2D eigenvalue weighted by Gasteiger charge is -2.35. The van der Waals surface area contributed by atoms with Crippen molar-refractivity contribution in [2.45, 2.75) is 32.1 Å². The smallest absolute Gasteiger partial charge is 0.320 e. The van der Waals surface area contributed by atoms with Crippen molar-refractivity contribution >= 4 is 0 Å². The van der Waals surface area contributed by atoms with Gasteiger partial charge in [0.05, 0.1) is 5.56 Å². The molecule has 1 aliphatic heterocycles. The Labute approximate surface area is 103 Å². The first-order valence-electron chi connectivity index (χ1n) is 5.51. The molecule has 98 valence electrons. The molecule has 2 rings (SSSR count). The van der Waals surface area contributed by atoms with Crippen molar-refractivity contribution in [1.82, 2.24) is 0 Å². The molecule has 2 nitrogen and oxygen atoms in total. The summed E-state index contributed by atoms with van der Waals surface area (Å²) in [5.41, 5.74) is 0.800. The van der Waals surface area contributed by atoms with Gasteiger partial charge in [-0.2, -0.15) is 13.2 Å². The third kappa shape index (κ3) is 2.91. The van der Waals surface area contributed by atoms with Gasteiger partial charge in [0.25, 0.3) is 0 Å². The predicted octanol–water partition coefficient (Wildman–Crippen LogP) is 3.52. The van der Waals surface area contributed by atoms with Crippen LogP contribution in [0.1, 0.15) is 18.1 Å². The largest absolute Gasteiger partial charge is 0.416 e. The summed E-state index contributed by atoms with van der Waals surface area (Å²) in [7, 11) is 0. The third-order valence-corrected chi connectivity index (χ3v) is 2.68. The molecule has 1 saturated heterocycles. The van der Waals surface area contributed by atoms with Gasteiger partial charge in [-0.3, -0.25) is 0 Å². The van der Waals surface area contributed by atoms with E-state index < -0.39 is 18.0 Å². The van der Waals surface area contributed by atoms with E-state index in [1.807, 2.05) is 0 Å². The maximum absolute atomic E-state index is 12.4. The number of hydrogen-bond acceptors (Lipinski definition) is 2. The Hall–Kier alpha value is -1.33. The maximum atomic E-state index is 12.4. The maximum Gasteiger partial charge on any atom is 0.416 e. The van der Waals surface area contributed by atoms with Gasteiger partial charge in [-0.25, -0.2) is 0 Å². The van der Waals surface area contributed by atoms with E-state index in [0.29, 0.717) is 12.0 Å². The minimum Gasteiger partial charge on any atom is -0.320 e. The number of halogens is 3. The highest BCUT2D eigenvalue weighted by molar-refractivity contribution is 5.28. The summed E-state index contributed by atoms with van der Waals surface area (Å²) in [5.74, 6) is 0. The monoisotopic (exact) mass is 258 g/mol. The summed E-state index contributed by atoms with van der Waals surface area (Å²) in [6, 6.07) is 5.01. The molecule has 18 heavy (non-hydrogen) atoms. The second-order valence-electron chi connectivity index (χ2n) is 4.20. The Kier molecular flexibility index (Phi) is 3.45. The number of rotatable bonds is 3. The van der Waals surface area contributed by atoms with Gasteiger partial charge in [-0.15, -0.1) is 0 Å². The Morgan fingerprint density at radius 3 is 2.22 bits per heavy atom. The van der Waals surface area contributed by atoms with E-state index in [9.17, 15) is 13.2 Å². The molecular formula is C13H13F3O2. The Bertz CT molecular complexity index is 431. The molecule has 0 unspecified atom stereocenters. The molecule has 0 atom stereocenters. The summed E-state index contributed by atoms with van der Waals surface area (Å²) >= 11 is 0. The molecule has 1 aliphatic rings. The van der Waals surface area contributed by atoms with Crippen LogP contribution in [0.2, 0.25) is 0 Å². The van der Waals surface area contributed by atoms with Crippen LogP contribution in [0, 0.1) is 0 Å². The number of alkyl halides is 3. The highest BCUT2D eigenvalue weighted by atomic mass is 19.4. The van der Waals surface area contributed by atoms with Crippen molar-refractivity contribution < 1.29 is 22.6 Å². The van der Waals surface area contributed by atoms with Crippen LogP contribution in [0.5, 0.6) is 0 Å². The van der Waals surface area contributed by atoms with Crippen molar-refractivity contribution in [3.63, 3.8) is 0 Å². The van der Waals surface area contributed by atoms with Gasteiger partial charge in [-0.05, 0) is 36.6 Å². The molecule has 0 aliphatic carbocycles. The fraction of sp³-hybridized carbons (Fsp3) is 0.385. The van der Waals surface area contributed by atoms with Gasteiger partial charge in [0.2, 0.25) is 0 Å². The van der Waals surface area contributed by atoms with Crippen molar-refractivity contribution in [3.8, 4) is 0 Å². The lowest BCUT2D eigenvalue weighted by Crippen LogP contribution is -2.40. The van der Waals surface area contributed by atoms with Gasteiger partial charge in [-0.1, -0.05) is 18.7 Å². The van der Waals surface area contributed by atoms with Crippen LogP contribution in [0.15, 0.2) is 36.4 Å². The van der Waals surface area contributed by atoms with Crippen molar-refractivity contribution in [1.29, 1.82) is 0 Å². The molecular weight excluding hydrogens is 245 g/mol. The molecule has 0 aromatic heterocycles. The zero-order valence-electron chi connectivity index (χ0n) is 9.83. The second-order valence-corrected chi connectivity index (χ2v) is 4.20. The van der Waals surface area contributed by atoms with E-state index in [0.717, 1.165) is 17.7 Å². The predicted molar refractivity (Wildman–Crippen MR) is 59.7 cm³/mol. The summed E-state index contributed by atoms with van der Waals surface area (Å²) in [4.78, 5) is 0. The van der Waals surface area contributed by atoms with E-state index in [1.54, 1.807) is 6.92 Å². The van der Waals surface area contributed by atoms with E-state index in [-0.39, 0.29) is 6.29 Å². The highest BCUT2D eigenvalue weighted by Crippen LogP contribution is 2.30. The first-order valence-corrected chi connectivity index (χ1v) is 5.51. The zero-order valence-corrected chi connectivity index (χ0v) is 9.83. The quantitative estimate of drug-likeness (QED) is 0.772. The molecule has 0 bridgehead atoms. The van der Waals surface area contributed by atoms with E-state index >= 15 is 0 Å². The van der Waals surface area contributed by atoms with E-state index in [2.05, 4.69) is 6.58 Å². The average molecular weight is 258 g/mol. The molecule has 1 aromatic rings. The lowest BCUT2D eigenvalue weighted by molar-refractivity contribution is -0.359. The van der Waals surface area contributed by atoms with Crippen LogP contribution in [-0.2, 0) is 22.1 Å². The lowest BCUT2D eigenvalue weighted by atomic mass is 10.0. The SMILES string of the molecule is C=C(Cc1ccc(C(F)(F)F)cc1)C1OC(C)O1. The summed E-state index contributed by atoms with van der Waals surface area (Å²) in [6.07, 6.45) is -4.54. The average Bonchev–Trinajstić information content (AvgIpc) is 2.24. The number of ether oxygens (including phenoxy) is 2. The summed E-state index contributed by atoms with van der Waals surface area (Å²) in [6.45, 7) is 5.57. The Morgan fingerprint density at radius 2 is 1.78 bits per heavy atom. The highest BCUT2D eigenvalue weighted by Gasteiger charge is 2.31. The summed E-state index contributed by atoms with van der Waals surface area (Å²) in [5, 5.41) is 0. The van der Waals surface area contributed by atoms with Crippen molar-refractivity contribution in [3.05, 3.63) is 47.5 Å². The van der Waals surface area contributed by atoms with Gasteiger partial charge in [0.1, 0.15) is 0 Å². The van der Waals surface area contributed by atoms with E-state index in [4.69, 9.17) is 9.47 Å². The zero-order chi connectivity index (χ0) is 13.3. The second kappa shape index (κ2) is 4.74. The van der Waals surface area contributed by atoms with E-state index in [1.165, 1.54) is 12.1 Å². The normalized spacial score (nSPS) is 23.6. The molecule has 1 aromatic carbocycles. The first-order chi connectivity index (χ1) is 8.36. The third-order valence-electron chi connectivity index (χ3n) is 2.68. The molecule has 0 radical (unpaired) electrons. The van der Waals surface area contributed by atoms with Crippen LogP contribution < -0.4 is 0 Å². The van der Waals surface area contributed by atoms with Crippen LogP contribution in [0.4, 0.5) is 13.2 Å². The molecule has 1 heterocycles. The summed E-state index contributed by atoms with van der Waals surface area (Å²) < 4.78 is 47.6. The molecule has 1 fully saturated rings. The minimum absolute atomic E-state index is 0.237. The fourth-order valence-corrected chi connectivity index (χ4v) is 1.71. The molecule has 0 saturated carbocycles. The van der Waals surface area contributed by atoms with Crippen LogP contribution in [0.25, 0.3) is 0 Å². The van der Waals surface area contributed by atoms with Gasteiger partial charge < -0.3 is 9.47 Å². The molecule has 0 spiro atoms. The Balaban J connectivity index is 1.96. The first kappa shape index (κ1) is 13.1. The minimum atomic E-state index is -4.30. The van der Waals surface area contributed by atoms with Crippen LogP contribution in [0.3, 0.4) is 0 Å². The number of hydrogen-bond donors (Lipinski definition) is 0. The van der Waals surface area contributed by atoms with Crippen molar-refractivity contribution in [2.75, 3.05) is 0 Å². The standard InChI is InChI=1S/C13H13F3O2/c1-8(12-17-9(2)18-12)7-10-3-5-11(6-4-10)13(14,15)16/h3-6,9,12H,1,7H2,2H3. The van der Waals surface area contributed by atoms with Crippen LogP contribution in [-0.4, -0.2) is 12.6 Å².